The molecular formula is C12H13Cl2N3S. The zero-order valence-corrected chi connectivity index (χ0v) is 12.1. The third-order valence-electron chi connectivity index (χ3n) is 3.34. The van der Waals surface area contributed by atoms with Gasteiger partial charge in [0.1, 0.15) is 4.99 Å². The van der Waals surface area contributed by atoms with Crippen molar-refractivity contribution in [3.8, 4) is 0 Å². The molecule has 0 saturated carbocycles. The first-order chi connectivity index (χ1) is 8.65. The van der Waals surface area contributed by atoms with Gasteiger partial charge in [-0.1, -0.05) is 41.5 Å². The Bertz CT molecular complexity index is 462. The fourth-order valence-electron chi connectivity index (χ4n) is 2.45. The molecule has 0 spiro atoms. The van der Waals surface area contributed by atoms with E-state index >= 15 is 0 Å². The minimum Gasteiger partial charge on any atom is -0.336 e. The number of thiocarbonyl (C=S) groups is 1. The van der Waals surface area contributed by atoms with Crippen LogP contribution >= 0.6 is 35.4 Å². The van der Waals surface area contributed by atoms with E-state index < -0.39 is 0 Å². The van der Waals surface area contributed by atoms with Crippen LogP contribution in [0.5, 0.6) is 0 Å². The van der Waals surface area contributed by atoms with E-state index in [1.807, 2.05) is 18.2 Å². The van der Waals surface area contributed by atoms with Gasteiger partial charge in [-0.05, 0) is 12.1 Å². The molecule has 0 amide bonds. The highest BCUT2D eigenvalue weighted by Crippen LogP contribution is 2.27. The van der Waals surface area contributed by atoms with Gasteiger partial charge < -0.3 is 4.90 Å². The summed E-state index contributed by atoms with van der Waals surface area (Å²) in [6.45, 7) is 4.97. The number of benzene rings is 1. The van der Waals surface area contributed by atoms with Crippen molar-refractivity contribution in [2.24, 2.45) is 0 Å². The van der Waals surface area contributed by atoms with Crippen molar-refractivity contribution in [2.45, 2.75) is 0 Å². The molecule has 3 nitrogen and oxygen atoms in total. The molecule has 2 aliphatic rings. The number of halogens is 2. The van der Waals surface area contributed by atoms with Gasteiger partial charge in [-0.25, -0.2) is 0 Å². The standard InChI is InChI=1S/C12H13Cl2N3S/c13-9-2-1-3-10(14)11(9)12(18)17-7-15-4-5-16(6-15)8-17/h1-3H,4-8H2. The maximum absolute atomic E-state index is 6.21. The molecule has 2 fully saturated rings. The molecule has 6 heteroatoms. The van der Waals surface area contributed by atoms with Crippen molar-refractivity contribution < 1.29 is 0 Å². The predicted octanol–water partition coefficient (Wildman–Crippen LogP) is 2.47. The lowest BCUT2D eigenvalue weighted by Gasteiger charge is -2.36. The number of hydrogen-bond donors (Lipinski definition) is 0. The summed E-state index contributed by atoms with van der Waals surface area (Å²) in [4.78, 5) is 7.61. The minimum absolute atomic E-state index is 0.621. The predicted molar refractivity (Wildman–Crippen MR) is 78.0 cm³/mol. The highest BCUT2D eigenvalue weighted by atomic mass is 35.5. The van der Waals surface area contributed by atoms with Crippen LogP contribution < -0.4 is 0 Å². The Morgan fingerprint density at radius 3 is 2.11 bits per heavy atom. The second-order valence-corrected chi connectivity index (χ2v) is 5.86. The molecule has 96 valence electrons. The van der Waals surface area contributed by atoms with Crippen LogP contribution in [-0.4, -0.2) is 52.8 Å². The summed E-state index contributed by atoms with van der Waals surface area (Å²) in [6.07, 6.45) is 0. The Labute approximate surface area is 122 Å². The lowest BCUT2D eigenvalue weighted by atomic mass is 10.2. The van der Waals surface area contributed by atoms with Gasteiger partial charge in [0.2, 0.25) is 0 Å². The number of hydrogen-bond acceptors (Lipinski definition) is 3. The monoisotopic (exact) mass is 301 g/mol. The van der Waals surface area contributed by atoms with E-state index in [0.29, 0.717) is 10.0 Å². The lowest BCUT2D eigenvalue weighted by molar-refractivity contribution is 0.0854. The zero-order chi connectivity index (χ0) is 12.7. The largest absolute Gasteiger partial charge is 0.336 e. The van der Waals surface area contributed by atoms with E-state index in [1.165, 1.54) is 0 Å². The number of fused-ring (bicyclic) bond motifs is 2. The molecule has 2 heterocycles. The highest BCUT2D eigenvalue weighted by Gasteiger charge is 2.31. The summed E-state index contributed by atoms with van der Waals surface area (Å²) in [5.74, 6) is 0. The van der Waals surface area contributed by atoms with Crippen LogP contribution in [0, 0.1) is 0 Å². The van der Waals surface area contributed by atoms with Crippen molar-refractivity contribution in [1.82, 2.24) is 14.7 Å². The van der Waals surface area contributed by atoms with Crippen molar-refractivity contribution in [3.63, 3.8) is 0 Å². The molecule has 2 bridgehead atoms. The summed E-state index contributed by atoms with van der Waals surface area (Å²) in [7, 11) is 0. The second-order valence-electron chi connectivity index (χ2n) is 4.65. The summed E-state index contributed by atoms with van der Waals surface area (Å²) in [5, 5.41) is 1.24. The fraction of sp³-hybridized carbons (Fsp3) is 0.417. The topological polar surface area (TPSA) is 9.72 Å². The zero-order valence-electron chi connectivity index (χ0n) is 9.77. The van der Waals surface area contributed by atoms with Crippen molar-refractivity contribution in [3.05, 3.63) is 33.8 Å². The van der Waals surface area contributed by atoms with Crippen LogP contribution in [0.15, 0.2) is 18.2 Å². The molecule has 2 atom stereocenters. The highest BCUT2D eigenvalue weighted by molar-refractivity contribution is 7.80. The first-order valence-corrected chi connectivity index (χ1v) is 6.99. The molecule has 0 aliphatic carbocycles. The Morgan fingerprint density at radius 1 is 1.00 bits per heavy atom. The fourth-order valence-corrected chi connectivity index (χ4v) is 3.48. The maximum Gasteiger partial charge on any atom is 0.114 e. The van der Waals surface area contributed by atoms with Crippen LogP contribution in [0.1, 0.15) is 5.56 Å². The van der Waals surface area contributed by atoms with Gasteiger partial charge in [-0.3, -0.25) is 9.80 Å². The van der Waals surface area contributed by atoms with E-state index in [-0.39, 0.29) is 0 Å². The Kier molecular flexibility index (Phi) is 3.47. The van der Waals surface area contributed by atoms with E-state index in [9.17, 15) is 0 Å². The smallest absolute Gasteiger partial charge is 0.114 e. The molecule has 3 rings (SSSR count). The van der Waals surface area contributed by atoms with Gasteiger partial charge in [0.25, 0.3) is 0 Å². The van der Waals surface area contributed by atoms with Gasteiger partial charge in [-0.15, -0.1) is 0 Å². The molecule has 2 unspecified atom stereocenters. The van der Waals surface area contributed by atoms with E-state index in [2.05, 4.69) is 14.7 Å². The number of rotatable bonds is 1. The molecule has 0 radical (unpaired) electrons. The van der Waals surface area contributed by atoms with Crippen LogP contribution in [-0.2, 0) is 0 Å². The third kappa shape index (κ3) is 2.24. The molecule has 18 heavy (non-hydrogen) atoms. The first-order valence-electron chi connectivity index (χ1n) is 5.83. The molecule has 0 N–H and O–H groups in total. The van der Waals surface area contributed by atoms with Gasteiger partial charge in [0.05, 0.1) is 30.1 Å². The van der Waals surface area contributed by atoms with Gasteiger partial charge in [-0.2, -0.15) is 0 Å². The Hall–Kier alpha value is -0.390. The Balaban J connectivity index is 1.86. The number of nitrogens with zero attached hydrogens (tertiary/aromatic N) is 3. The average Bonchev–Trinajstić information content (AvgIpc) is 2.68. The molecule has 2 saturated heterocycles. The van der Waals surface area contributed by atoms with Crippen LogP contribution in [0.25, 0.3) is 0 Å². The Morgan fingerprint density at radius 2 is 1.56 bits per heavy atom. The minimum atomic E-state index is 0.621. The van der Waals surface area contributed by atoms with E-state index in [0.717, 1.165) is 43.6 Å². The molecule has 0 aromatic heterocycles. The quantitative estimate of drug-likeness (QED) is 0.737. The van der Waals surface area contributed by atoms with Gasteiger partial charge in [0.15, 0.2) is 0 Å². The lowest BCUT2D eigenvalue weighted by Crippen LogP contribution is -2.50. The molecule has 1 aromatic carbocycles. The molecular weight excluding hydrogens is 289 g/mol. The molecule has 1 aromatic rings. The summed E-state index contributed by atoms with van der Waals surface area (Å²) < 4.78 is 0. The second kappa shape index (κ2) is 4.94. The van der Waals surface area contributed by atoms with E-state index in [1.54, 1.807) is 0 Å². The third-order valence-corrected chi connectivity index (χ3v) is 4.43. The van der Waals surface area contributed by atoms with Crippen LogP contribution in [0.3, 0.4) is 0 Å². The molecule has 2 aliphatic heterocycles. The van der Waals surface area contributed by atoms with Crippen LogP contribution in [0.2, 0.25) is 10.0 Å². The SMILES string of the molecule is S=C(c1c(Cl)cccc1Cl)N1CN2CCN(C2)C1. The maximum atomic E-state index is 6.21. The van der Waals surface area contributed by atoms with Gasteiger partial charge in [0, 0.05) is 18.7 Å². The van der Waals surface area contributed by atoms with Gasteiger partial charge >= 0.3 is 0 Å². The average molecular weight is 302 g/mol. The van der Waals surface area contributed by atoms with E-state index in [4.69, 9.17) is 35.4 Å². The van der Waals surface area contributed by atoms with Crippen LogP contribution in [0.4, 0.5) is 0 Å². The van der Waals surface area contributed by atoms with Crippen molar-refractivity contribution in [1.29, 1.82) is 0 Å². The summed E-state index contributed by atoms with van der Waals surface area (Å²) >= 11 is 18.0. The normalized spacial score (nSPS) is 26.4. The van der Waals surface area contributed by atoms with Crippen molar-refractivity contribution >= 4 is 40.4 Å². The van der Waals surface area contributed by atoms with Crippen molar-refractivity contribution in [2.75, 3.05) is 33.1 Å². The summed E-state index contributed by atoms with van der Waals surface area (Å²) in [6, 6.07) is 5.49. The summed E-state index contributed by atoms with van der Waals surface area (Å²) in [5.41, 5.74) is 0.777. The first kappa shape index (κ1) is 12.6.